The zero-order valence-corrected chi connectivity index (χ0v) is 18.7. The average Bonchev–Trinajstić information content (AvgIpc) is 3.28. The van der Waals surface area contributed by atoms with Crippen LogP contribution in [0.4, 0.5) is 5.69 Å². The molecule has 0 aliphatic heterocycles. The highest BCUT2D eigenvalue weighted by atomic mass is 16.5. The molecule has 0 unspecified atom stereocenters. The van der Waals surface area contributed by atoms with Gasteiger partial charge in [-0.2, -0.15) is 0 Å². The largest absolute Gasteiger partial charge is 0.455 e. The minimum Gasteiger partial charge on any atom is -0.455 e. The fraction of sp³-hybridized carbons (Fsp3) is 0.286. The first-order valence-corrected chi connectivity index (χ1v) is 11.8. The van der Waals surface area contributed by atoms with Crippen LogP contribution in [-0.4, -0.2) is 15.9 Å². The molecule has 5 rings (SSSR count). The van der Waals surface area contributed by atoms with Crippen LogP contribution in [0, 0.1) is 0 Å². The van der Waals surface area contributed by atoms with E-state index >= 15 is 0 Å². The normalized spacial score (nSPS) is 14.3. The Morgan fingerprint density at radius 1 is 0.970 bits per heavy atom. The molecule has 1 heterocycles. The molecule has 2 N–H and O–H groups in total. The third-order valence-electron chi connectivity index (χ3n) is 6.32. The second-order valence-corrected chi connectivity index (χ2v) is 8.77. The van der Waals surface area contributed by atoms with Crippen molar-refractivity contribution in [2.75, 3.05) is 5.32 Å². The van der Waals surface area contributed by atoms with Crippen molar-refractivity contribution in [2.45, 2.75) is 50.9 Å². The van der Waals surface area contributed by atoms with Crippen molar-refractivity contribution >= 4 is 22.6 Å². The van der Waals surface area contributed by atoms with Crippen LogP contribution in [0.3, 0.4) is 0 Å². The number of hydrogen-bond acceptors (Lipinski definition) is 3. The van der Waals surface area contributed by atoms with Crippen LogP contribution in [0.1, 0.15) is 55.8 Å². The number of anilines is 1. The van der Waals surface area contributed by atoms with Crippen molar-refractivity contribution in [3.05, 3.63) is 84.2 Å². The predicted molar refractivity (Wildman–Crippen MR) is 132 cm³/mol. The molecule has 4 aromatic rings. The molecule has 0 saturated heterocycles. The fourth-order valence-corrected chi connectivity index (χ4v) is 4.54. The quantitative estimate of drug-likeness (QED) is 0.327. The molecule has 3 aromatic carbocycles. The SMILES string of the molecule is O=C(CCc1ccccc1)Nc1cc2nc(C3CCCCC3)[nH]c2cc1Oc1ccccc1. The monoisotopic (exact) mass is 439 g/mol. The number of benzene rings is 3. The Morgan fingerprint density at radius 2 is 1.70 bits per heavy atom. The minimum atomic E-state index is -0.0424. The van der Waals surface area contributed by atoms with E-state index in [2.05, 4.69) is 10.3 Å². The molecule has 5 heteroatoms. The topological polar surface area (TPSA) is 67.0 Å². The van der Waals surface area contributed by atoms with Gasteiger partial charge in [0.15, 0.2) is 5.75 Å². The highest BCUT2D eigenvalue weighted by molar-refractivity contribution is 5.95. The van der Waals surface area contributed by atoms with E-state index in [9.17, 15) is 4.79 Å². The first-order valence-electron chi connectivity index (χ1n) is 11.8. The van der Waals surface area contributed by atoms with Crippen LogP contribution >= 0.6 is 0 Å². The van der Waals surface area contributed by atoms with E-state index in [1.807, 2.05) is 72.8 Å². The van der Waals surface area contributed by atoms with E-state index in [0.29, 0.717) is 30.2 Å². The van der Waals surface area contributed by atoms with Gasteiger partial charge in [0.05, 0.1) is 16.7 Å². The number of aromatic amines is 1. The maximum Gasteiger partial charge on any atom is 0.224 e. The van der Waals surface area contributed by atoms with Gasteiger partial charge < -0.3 is 15.0 Å². The summed E-state index contributed by atoms with van der Waals surface area (Å²) in [6.07, 6.45) is 7.27. The molecule has 1 aromatic heterocycles. The Hall–Kier alpha value is -3.60. The lowest BCUT2D eigenvalue weighted by Crippen LogP contribution is -2.13. The van der Waals surface area contributed by atoms with Crippen LogP contribution in [0.25, 0.3) is 11.0 Å². The summed E-state index contributed by atoms with van der Waals surface area (Å²) in [4.78, 5) is 21.2. The standard InChI is InChI=1S/C28H29N3O2/c32-27(17-16-20-10-4-1-5-11-20)29-25-18-23-24(19-26(25)33-22-14-8-3-9-15-22)31-28(30-23)21-12-6-2-7-13-21/h1,3-5,8-11,14-15,18-19,21H,2,6-7,12-13,16-17H2,(H,29,32)(H,30,31). The fourth-order valence-electron chi connectivity index (χ4n) is 4.54. The Kier molecular flexibility index (Phi) is 6.38. The maximum atomic E-state index is 12.8. The first-order chi connectivity index (χ1) is 16.2. The van der Waals surface area contributed by atoms with Gasteiger partial charge in [0.25, 0.3) is 0 Å². The molecule has 1 aliphatic rings. The van der Waals surface area contributed by atoms with Gasteiger partial charge in [-0.1, -0.05) is 67.8 Å². The number of carbonyl (C=O) groups is 1. The van der Waals surface area contributed by atoms with E-state index in [1.165, 1.54) is 32.1 Å². The molecule has 5 nitrogen and oxygen atoms in total. The minimum absolute atomic E-state index is 0.0424. The summed E-state index contributed by atoms with van der Waals surface area (Å²) in [5, 5.41) is 3.06. The molecular formula is C28H29N3O2. The van der Waals surface area contributed by atoms with Gasteiger partial charge in [0, 0.05) is 18.4 Å². The van der Waals surface area contributed by atoms with Gasteiger partial charge in [-0.3, -0.25) is 4.79 Å². The maximum absolute atomic E-state index is 12.8. The molecule has 1 fully saturated rings. The zero-order valence-electron chi connectivity index (χ0n) is 18.7. The first kappa shape index (κ1) is 21.3. The third-order valence-corrected chi connectivity index (χ3v) is 6.32. The lowest BCUT2D eigenvalue weighted by Gasteiger charge is -2.18. The predicted octanol–water partition coefficient (Wildman–Crippen LogP) is 6.97. The number of hydrogen-bond donors (Lipinski definition) is 2. The number of carbonyl (C=O) groups excluding carboxylic acids is 1. The molecule has 0 atom stereocenters. The van der Waals surface area contributed by atoms with Crippen LogP contribution < -0.4 is 10.1 Å². The highest BCUT2D eigenvalue weighted by Gasteiger charge is 2.20. The number of fused-ring (bicyclic) bond motifs is 1. The Labute approximate surface area is 194 Å². The molecule has 1 aliphatic carbocycles. The Morgan fingerprint density at radius 3 is 2.45 bits per heavy atom. The second-order valence-electron chi connectivity index (χ2n) is 8.77. The number of aryl methyl sites for hydroxylation is 1. The summed E-state index contributed by atoms with van der Waals surface area (Å²) in [7, 11) is 0. The van der Waals surface area contributed by atoms with E-state index < -0.39 is 0 Å². The summed E-state index contributed by atoms with van der Waals surface area (Å²) >= 11 is 0. The molecule has 0 radical (unpaired) electrons. The number of H-pyrrole nitrogens is 1. The number of nitrogens with zero attached hydrogens (tertiary/aromatic N) is 1. The number of para-hydroxylation sites is 1. The van der Waals surface area contributed by atoms with E-state index in [-0.39, 0.29) is 5.91 Å². The van der Waals surface area contributed by atoms with Crippen LogP contribution in [0.15, 0.2) is 72.8 Å². The van der Waals surface area contributed by atoms with Gasteiger partial charge in [-0.25, -0.2) is 4.98 Å². The van der Waals surface area contributed by atoms with Gasteiger partial charge >= 0.3 is 0 Å². The summed E-state index contributed by atoms with van der Waals surface area (Å²) in [5.74, 6) is 2.82. The lowest BCUT2D eigenvalue weighted by atomic mass is 9.89. The molecule has 168 valence electrons. The van der Waals surface area contributed by atoms with Gasteiger partial charge in [0.1, 0.15) is 11.6 Å². The smallest absolute Gasteiger partial charge is 0.224 e. The van der Waals surface area contributed by atoms with Crippen LogP contribution in [-0.2, 0) is 11.2 Å². The summed E-state index contributed by atoms with van der Waals surface area (Å²) in [6.45, 7) is 0. The van der Waals surface area contributed by atoms with Crippen molar-refractivity contribution in [3.63, 3.8) is 0 Å². The van der Waals surface area contributed by atoms with Crippen LogP contribution in [0.5, 0.6) is 11.5 Å². The van der Waals surface area contributed by atoms with Crippen molar-refractivity contribution < 1.29 is 9.53 Å². The zero-order chi connectivity index (χ0) is 22.5. The number of nitrogens with one attached hydrogen (secondary N) is 2. The number of aromatic nitrogens is 2. The van der Waals surface area contributed by atoms with E-state index in [0.717, 1.165) is 28.2 Å². The van der Waals surface area contributed by atoms with Gasteiger partial charge in [0.2, 0.25) is 5.91 Å². The molecule has 0 spiro atoms. The third kappa shape index (κ3) is 5.25. The molecule has 33 heavy (non-hydrogen) atoms. The van der Waals surface area contributed by atoms with Gasteiger partial charge in [-0.05, 0) is 43.0 Å². The van der Waals surface area contributed by atoms with E-state index in [1.54, 1.807) is 0 Å². The number of ether oxygens (including phenoxy) is 1. The summed E-state index contributed by atoms with van der Waals surface area (Å²) < 4.78 is 6.17. The second kappa shape index (κ2) is 9.90. The summed E-state index contributed by atoms with van der Waals surface area (Å²) in [6, 6.07) is 23.6. The number of amides is 1. The van der Waals surface area contributed by atoms with E-state index in [4.69, 9.17) is 9.72 Å². The molecule has 1 saturated carbocycles. The summed E-state index contributed by atoms with van der Waals surface area (Å²) in [5.41, 5.74) is 3.58. The Balaban J connectivity index is 1.41. The number of rotatable bonds is 7. The molecular weight excluding hydrogens is 410 g/mol. The Bertz CT molecular complexity index is 1210. The van der Waals surface area contributed by atoms with Crippen molar-refractivity contribution in [1.82, 2.24) is 9.97 Å². The molecule has 0 bridgehead atoms. The van der Waals surface area contributed by atoms with Gasteiger partial charge in [-0.15, -0.1) is 0 Å². The lowest BCUT2D eigenvalue weighted by molar-refractivity contribution is -0.116. The van der Waals surface area contributed by atoms with Crippen molar-refractivity contribution in [2.24, 2.45) is 0 Å². The van der Waals surface area contributed by atoms with Crippen molar-refractivity contribution in [3.8, 4) is 11.5 Å². The highest BCUT2D eigenvalue weighted by Crippen LogP contribution is 2.36. The number of imidazole rings is 1. The average molecular weight is 440 g/mol. The van der Waals surface area contributed by atoms with Crippen LogP contribution in [0.2, 0.25) is 0 Å². The van der Waals surface area contributed by atoms with Crippen molar-refractivity contribution in [1.29, 1.82) is 0 Å². The molecule has 1 amide bonds.